The molecule has 0 aromatic carbocycles. The molecule has 7 nitrogen and oxygen atoms in total. The Morgan fingerprint density at radius 2 is 2.35 bits per heavy atom. The summed E-state index contributed by atoms with van der Waals surface area (Å²) in [6, 6.07) is 0. The van der Waals surface area contributed by atoms with Gasteiger partial charge in [0.1, 0.15) is 6.10 Å². The lowest BCUT2D eigenvalue weighted by Gasteiger charge is -2.09. The molecule has 1 heterocycles. The molecule has 1 atom stereocenters. The van der Waals surface area contributed by atoms with Crippen LogP contribution in [0, 0.1) is 0 Å². The molecule has 0 aliphatic heterocycles. The normalized spacial score (nSPS) is 12.6. The van der Waals surface area contributed by atoms with E-state index in [1.807, 2.05) is 13.8 Å². The number of amides is 1. The average Bonchev–Trinajstić information content (AvgIpc) is 2.74. The van der Waals surface area contributed by atoms with Crippen LogP contribution in [0.25, 0.3) is 0 Å². The van der Waals surface area contributed by atoms with Gasteiger partial charge in [-0.05, 0) is 13.3 Å². The van der Waals surface area contributed by atoms with E-state index in [2.05, 4.69) is 15.5 Å². The largest absolute Gasteiger partial charge is 0.370 e. The van der Waals surface area contributed by atoms with Crippen molar-refractivity contribution in [2.45, 2.75) is 32.9 Å². The van der Waals surface area contributed by atoms with E-state index in [0.717, 1.165) is 6.42 Å². The number of rotatable bonds is 8. The van der Waals surface area contributed by atoms with Gasteiger partial charge in [-0.3, -0.25) is 10.1 Å². The third kappa shape index (κ3) is 4.49. The van der Waals surface area contributed by atoms with E-state index < -0.39 is 5.91 Å². The van der Waals surface area contributed by atoms with Crippen molar-refractivity contribution in [3.8, 4) is 0 Å². The van der Waals surface area contributed by atoms with Gasteiger partial charge >= 0.3 is 0 Å². The van der Waals surface area contributed by atoms with Crippen LogP contribution in [0.1, 0.15) is 38.1 Å². The smallest absolute Gasteiger partial charge is 0.240 e. The van der Waals surface area contributed by atoms with Crippen LogP contribution >= 0.6 is 0 Å². The molecule has 0 aliphatic carbocycles. The van der Waals surface area contributed by atoms with Crippen molar-refractivity contribution in [3.63, 3.8) is 0 Å². The van der Waals surface area contributed by atoms with Gasteiger partial charge in [0, 0.05) is 6.61 Å². The molecule has 1 aromatic heterocycles. The fourth-order valence-electron chi connectivity index (χ4n) is 1.34. The van der Waals surface area contributed by atoms with E-state index in [1.165, 1.54) is 0 Å². The summed E-state index contributed by atoms with van der Waals surface area (Å²) in [6.07, 6.45) is 0.635. The molecule has 0 aliphatic rings. The van der Waals surface area contributed by atoms with Crippen molar-refractivity contribution in [1.29, 1.82) is 0 Å². The summed E-state index contributed by atoms with van der Waals surface area (Å²) in [5.41, 5.74) is 4.98. The summed E-state index contributed by atoms with van der Waals surface area (Å²) >= 11 is 0. The average molecular weight is 242 g/mol. The van der Waals surface area contributed by atoms with Gasteiger partial charge in [-0.1, -0.05) is 12.1 Å². The highest BCUT2D eigenvalue weighted by Crippen LogP contribution is 2.17. The van der Waals surface area contributed by atoms with Crippen LogP contribution in [0.2, 0.25) is 0 Å². The number of nitrogens with one attached hydrogen (secondary N) is 1. The molecular formula is C10H18N4O3. The molecule has 96 valence electrons. The van der Waals surface area contributed by atoms with Gasteiger partial charge < -0.3 is 15.0 Å². The Bertz CT molecular complexity index is 353. The number of hydrogen-bond acceptors (Lipinski definition) is 6. The Balaban J connectivity index is 2.48. The maximum atomic E-state index is 10.5. The molecular weight excluding hydrogens is 224 g/mol. The topological polar surface area (TPSA) is 103 Å². The maximum absolute atomic E-state index is 10.5. The number of hydrogen-bond donors (Lipinski definition) is 2. The van der Waals surface area contributed by atoms with E-state index in [1.54, 1.807) is 0 Å². The van der Waals surface area contributed by atoms with Gasteiger partial charge in [0.2, 0.25) is 17.6 Å². The lowest BCUT2D eigenvalue weighted by Crippen LogP contribution is -2.28. The van der Waals surface area contributed by atoms with Gasteiger partial charge in [-0.2, -0.15) is 4.98 Å². The highest BCUT2D eigenvalue weighted by atomic mass is 16.5. The highest BCUT2D eigenvalue weighted by Gasteiger charge is 2.16. The minimum absolute atomic E-state index is 0.0837. The van der Waals surface area contributed by atoms with E-state index in [0.29, 0.717) is 24.9 Å². The fraction of sp³-hybridized carbons (Fsp3) is 0.700. The third-order valence-corrected chi connectivity index (χ3v) is 2.09. The number of carbonyl (C=O) groups is 1. The SMILES string of the molecule is CCOC(CC)c1noc(CNCC(N)=O)n1. The molecule has 7 heteroatoms. The molecule has 0 bridgehead atoms. The lowest BCUT2D eigenvalue weighted by atomic mass is 10.2. The predicted molar refractivity (Wildman–Crippen MR) is 59.9 cm³/mol. The first-order valence-electron chi connectivity index (χ1n) is 5.60. The van der Waals surface area contributed by atoms with Crippen molar-refractivity contribution in [1.82, 2.24) is 15.5 Å². The Labute approximate surface area is 99.7 Å². The van der Waals surface area contributed by atoms with Crippen LogP contribution in [-0.2, 0) is 16.1 Å². The molecule has 17 heavy (non-hydrogen) atoms. The summed E-state index contributed by atoms with van der Waals surface area (Å²) in [6.45, 7) is 4.90. The Hall–Kier alpha value is -1.47. The zero-order chi connectivity index (χ0) is 12.7. The minimum atomic E-state index is -0.425. The van der Waals surface area contributed by atoms with Gasteiger partial charge in [0.05, 0.1) is 13.1 Å². The lowest BCUT2D eigenvalue weighted by molar-refractivity contribution is -0.117. The van der Waals surface area contributed by atoms with Crippen LogP contribution in [0.4, 0.5) is 0 Å². The first-order chi connectivity index (χ1) is 8.17. The molecule has 0 fully saturated rings. The number of carbonyl (C=O) groups excluding carboxylic acids is 1. The van der Waals surface area contributed by atoms with Gasteiger partial charge in [-0.15, -0.1) is 0 Å². The predicted octanol–water partition coefficient (Wildman–Crippen LogP) is 0.132. The van der Waals surface area contributed by atoms with Crippen molar-refractivity contribution < 1.29 is 14.1 Å². The molecule has 3 N–H and O–H groups in total. The van der Waals surface area contributed by atoms with Crippen molar-refractivity contribution in [2.24, 2.45) is 5.73 Å². The number of aromatic nitrogens is 2. The molecule has 1 aromatic rings. The Morgan fingerprint density at radius 3 is 2.94 bits per heavy atom. The van der Waals surface area contributed by atoms with Crippen LogP contribution in [0.5, 0.6) is 0 Å². The Kier molecular flexibility index (Phi) is 5.58. The quantitative estimate of drug-likeness (QED) is 0.671. The zero-order valence-corrected chi connectivity index (χ0v) is 10.1. The van der Waals surface area contributed by atoms with Crippen LogP contribution in [0.15, 0.2) is 4.52 Å². The standard InChI is InChI=1S/C10H18N4O3/c1-3-7(16-4-2)10-13-9(17-14-10)6-12-5-8(11)15/h7,12H,3-6H2,1-2H3,(H2,11,15). The number of nitrogens with zero attached hydrogens (tertiary/aromatic N) is 2. The molecule has 1 amide bonds. The van der Waals surface area contributed by atoms with Crippen LogP contribution in [-0.4, -0.2) is 29.2 Å². The summed E-state index contributed by atoms with van der Waals surface area (Å²) in [5, 5.41) is 6.63. The summed E-state index contributed by atoms with van der Waals surface area (Å²) in [7, 11) is 0. The van der Waals surface area contributed by atoms with Crippen molar-refractivity contribution in [3.05, 3.63) is 11.7 Å². The van der Waals surface area contributed by atoms with Crippen molar-refractivity contribution in [2.75, 3.05) is 13.2 Å². The van der Waals surface area contributed by atoms with Crippen LogP contribution < -0.4 is 11.1 Å². The summed E-state index contributed by atoms with van der Waals surface area (Å²) < 4.78 is 10.5. The fourth-order valence-corrected chi connectivity index (χ4v) is 1.34. The second-order valence-corrected chi connectivity index (χ2v) is 3.47. The first-order valence-corrected chi connectivity index (χ1v) is 5.60. The number of ether oxygens (including phenoxy) is 1. The summed E-state index contributed by atoms with van der Waals surface area (Å²) in [4.78, 5) is 14.7. The molecule has 0 saturated heterocycles. The summed E-state index contributed by atoms with van der Waals surface area (Å²) in [5.74, 6) is 0.523. The second-order valence-electron chi connectivity index (χ2n) is 3.47. The van der Waals surface area contributed by atoms with E-state index in [4.69, 9.17) is 15.0 Å². The molecule has 0 radical (unpaired) electrons. The van der Waals surface area contributed by atoms with E-state index >= 15 is 0 Å². The van der Waals surface area contributed by atoms with Crippen LogP contribution in [0.3, 0.4) is 0 Å². The first kappa shape index (κ1) is 13.6. The van der Waals surface area contributed by atoms with Gasteiger partial charge in [-0.25, -0.2) is 0 Å². The second kappa shape index (κ2) is 6.97. The Morgan fingerprint density at radius 1 is 1.59 bits per heavy atom. The maximum Gasteiger partial charge on any atom is 0.240 e. The van der Waals surface area contributed by atoms with Crippen molar-refractivity contribution >= 4 is 5.91 Å². The van der Waals surface area contributed by atoms with E-state index in [9.17, 15) is 4.79 Å². The number of nitrogens with two attached hydrogens (primary N) is 1. The molecule has 1 rings (SSSR count). The molecule has 0 saturated carbocycles. The molecule has 1 unspecified atom stereocenters. The number of primary amides is 1. The molecule has 0 spiro atoms. The zero-order valence-electron chi connectivity index (χ0n) is 10.1. The monoisotopic (exact) mass is 242 g/mol. The van der Waals surface area contributed by atoms with E-state index in [-0.39, 0.29) is 12.6 Å². The minimum Gasteiger partial charge on any atom is -0.370 e. The van der Waals surface area contributed by atoms with Gasteiger partial charge in [0.25, 0.3) is 0 Å². The third-order valence-electron chi connectivity index (χ3n) is 2.09. The van der Waals surface area contributed by atoms with Gasteiger partial charge in [0.15, 0.2) is 0 Å². The highest BCUT2D eigenvalue weighted by molar-refractivity contribution is 5.75.